The van der Waals surface area contributed by atoms with Crippen molar-refractivity contribution >= 4 is 20.7 Å². The number of aromatic nitrogens is 3. The number of benzene rings is 1. The Kier molecular flexibility index (Phi) is 3.96. The van der Waals surface area contributed by atoms with E-state index in [2.05, 4.69) is 28.8 Å². The molecule has 0 saturated carbocycles. The van der Waals surface area contributed by atoms with E-state index >= 15 is 0 Å². The van der Waals surface area contributed by atoms with Crippen LogP contribution < -0.4 is 5.56 Å². The Morgan fingerprint density at radius 3 is 2.54 bits per heavy atom. The van der Waals surface area contributed by atoms with E-state index in [0.29, 0.717) is 28.2 Å². The quantitative estimate of drug-likeness (QED) is 0.789. The highest BCUT2D eigenvalue weighted by Gasteiger charge is 2.13. The van der Waals surface area contributed by atoms with E-state index in [1.165, 1.54) is 12.3 Å². The number of rotatable bonds is 3. The molecule has 0 aliphatic heterocycles. The van der Waals surface area contributed by atoms with Gasteiger partial charge >= 0.3 is 0 Å². The Labute approximate surface area is 139 Å². The second kappa shape index (κ2) is 5.83. The molecule has 0 unspecified atom stereocenters. The molecule has 3 aromatic rings. The van der Waals surface area contributed by atoms with Crippen molar-refractivity contribution in [2.24, 2.45) is 0 Å². The van der Waals surface area contributed by atoms with Crippen molar-refractivity contribution in [1.82, 2.24) is 15.0 Å². The monoisotopic (exact) mass is 343 g/mol. The molecule has 124 valence electrons. The van der Waals surface area contributed by atoms with Gasteiger partial charge in [-0.2, -0.15) is 0 Å². The van der Waals surface area contributed by atoms with Crippen LogP contribution >= 0.6 is 0 Å². The number of nitrogens with one attached hydrogen (secondary N) is 1. The van der Waals surface area contributed by atoms with Gasteiger partial charge in [-0.1, -0.05) is 19.9 Å². The zero-order valence-electron chi connectivity index (χ0n) is 13.6. The van der Waals surface area contributed by atoms with Gasteiger partial charge in [0.25, 0.3) is 5.56 Å². The topological polar surface area (TPSA) is 92.8 Å². The van der Waals surface area contributed by atoms with Crippen molar-refractivity contribution in [3.05, 3.63) is 52.4 Å². The molecule has 3 rings (SSSR count). The lowest BCUT2D eigenvalue weighted by Gasteiger charge is -2.08. The Bertz CT molecular complexity index is 1090. The molecule has 1 N–H and O–H groups in total. The Morgan fingerprint density at radius 1 is 1.12 bits per heavy atom. The van der Waals surface area contributed by atoms with Crippen molar-refractivity contribution in [1.29, 1.82) is 0 Å². The van der Waals surface area contributed by atoms with Crippen molar-refractivity contribution in [2.75, 3.05) is 6.26 Å². The molecular formula is C17H17N3O3S. The number of fused-ring (bicyclic) bond motifs is 1. The molecule has 0 radical (unpaired) electrons. The summed E-state index contributed by atoms with van der Waals surface area (Å²) in [4.78, 5) is 23.4. The van der Waals surface area contributed by atoms with Crippen LogP contribution in [0.25, 0.3) is 22.3 Å². The highest BCUT2D eigenvalue weighted by atomic mass is 32.2. The molecule has 2 aromatic heterocycles. The molecule has 0 aliphatic rings. The Balaban J connectivity index is 2.19. The summed E-state index contributed by atoms with van der Waals surface area (Å²) in [6.45, 7) is 4.11. The van der Waals surface area contributed by atoms with Crippen molar-refractivity contribution in [2.45, 2.75) is 24.8 Å². The van der Waals surface area contributed by atoms with Crippen molar-refractivity contribution in [3.8, 4) is 11.4 Å². The predicted molar refractivity (Wildman–Crippen MR) is 92.8 cm³/mol. The normalized spacial score (nSPS) is 12.0. The average Bonchev–Trinajstić information content (AvgIpc) is 2.53. The van der Waals surface area contributed by atoms with Crippen molar-refractivity contribution < 1.29 is 8.42 Å². The van der Waals surface area contributed by atoms with Gasteiger partial charge in [-0.15, -0.1) is 0 Å². The number of hydrogen-bond acceptors (Lipinski definition) is 5. The number of H-pyrrole nitrogens is 1. The fourth-order valence-corrected chi connectivity index (χ4v) is 3.01. The molecule has 0 saturated heterocycles. The first-order valence-corrected chi connectivity index (χ1v) is 9.35. The lowest BCUT2D eigenvalue weighted by atomic mass is 10.0. The van der Waals surface area contributed by atoms with E-state index in [9.17, 15) is 13.2 Å². The minimum Gasteiger partial charge on any atom is -0.306 e. The highest BCUT2D eigenvalue weighted by molar-refractivity contribution is 7.90. The molecule has 0 aliphatic carbocycles. The van der Waals surface area contributed by atoms with Crippen LogP contribution in [0.4, 0.5) is 0 Å². The third-order valence-corrected chi connectivity index (χ3v) is 4.77. The molecule has 0 spiro atoms. The van der Waals surface area contributed by atoms with Crippen LogP contribution in [0.1, 0.15) is 25.3 Å². The first-order valence-electron chi connectivity index (χ1n) is 7.46. The van der Waals surface area contributed by atoms with Gasteiger partial charge < -0.3 is 4.98 Å². The van der Waals surface area contributed by atoms with Crippen LogP contribution in [-0.4, -0.2) is 29.6 Å². The summed E-state index contributed by atoms with van der Waals surface area (Å²) in [6, 6.07) is 8.60. The summed E-state index contributed by atoms with van der Waals surface area (Å²) in [5.74, 6) is 0.628. The van der Waals surface area contributed by atoms with Crippen LogP contribution in [0.5, 0.6) is 0 Å². The third-order valence-electron chi connectivity index (χ3n) is 3.78. The smallest absolute Gasteiger partial charge is 0.259 e. The minimum absolute atomic E-state index is 0.0575. The minimum atomic E-state index is -3.43. The van der Waals surface area contributed by atoms with E-state index in [-0.39, 0.29) is 10.6 Å². The largest absolute Gasteiger partial charge is 0.306 e. The second-order valence-corrected chi connectivity index (χ2v) is 7.96. The highest BCUT2D eigenvalue weighted by Crippen LogP contribution is 2.21. The van der Waals surface area contributed by atoms with Crippen LogP contribution in [0.2, 0.25) is 0 Å². The molecule has 1 aromatic carbocycles. The van der Waals surface area contributed by atoms with E-state index < -0.39 is 9.84 Å². The maximum Gasteiger partial charge on any atom is 0.259 e. The molecule has 6 nitrogen and oxygen atoms in total. The fourth-order valence-electron chi connectivity index (χ4n) is 2.41. The molecule has 0 fully saturated rings. The maximum atomic E-state index is 12.4. The van der Waals surface area contributed by atoms with Gasteiger partial charge in [-0.25, -0.2) is 18.4 Å². The predicted octanol–water partition coefficient (Wildman–Crippen LogP) is 2.51. The first kappa shape index (κ1) is 16.3. The zero-order chi connectivity index (χ0) is 17.5. The third kappa shape index (κ3) is 3.07. The van der Waals surface area contributed by atoms with Crippen LogP contribution in [0.15, 0.2) is 46.3 Å². The molecule has 0 bridgehead atoms. The molecule has 0 amide bonds. The van der Waals surface area contributed by atoms with Crippen LogP contribution in [0, 0.1) is 0 Å². The lowest BCUT2D eigenvalue weighted by molar-refractivity contribution is 0.598. The molecule has 0 atom stereocenters. The average molecular weight is 343 g/mol. The van der Waals surface area contributed by atoms with Gasteiger partial charge in [0.1, 0.15) is 5.82 Å². The number of aromatic amines is 1. The maximum absolute atomic E-state index is 12.4. The van der Waals surface area contributed by atoms with E-state index in [4.69, 9.17) is 0 Å². The number of hydrogen-bond donors (Lipinski definition) is 1. The summed E-state index contributed by atoms with van der Waals surface area (Å²) in [5, 5.41) is 0.459. The van der Waals surface area contributed by atoms with Gasteiger partial charge in [-0.05, 0) is 35.7 Å². The van der Waals surface area contributed by atoms with Crippen LogP contribution in [0.3, 0.4) is 0 Å². The molecule has 24 heavy (non-hydrogen) atoms. The Morgan fingerprint density at radius 2 is 1.88 bits per heavy atom. The molecular weight excluding hydrogens is 326 g/mol. The zero-order valence-corrected chi connectivity index (χ0v) is 14.4. The van der Waals surface area contributed by atoms with Gasteiger partial charge in [0.05, 0.1) is 10.9 Å². The molecule has 7 heteroatoms. The number of nitrogens with zero attached hydrogens (tertiary/aromatic N) is 2. The van der Waals surface area contributed by atoms with Gasteiger partial charge in [0.2, 0.25) is 0 Å². The summed E-state index contributed by atoms with van der Waals surface area (Å²) < 4.78 is 23.3. The number of pyridine rings is 1. The fraction of sp³-hybridized carbons (Fsp3) is 0.235. The van der Waals surface area contributed by atoms with Crippen LogP contribution in [-0.2, 0) is 9.84 Å². The van der Waals surface area contributed by atoms with Crippen molar-refractivity contribution in [3.63, 3.8) is 0 Å². The summed E-state index contributed by atoms with van der Waals surface area (Å²) in [7, 11) is -3.43. The van der Waals surface area contributed by atoms with Gasteiger partial charge in [-0.3, -0.25) is 4.79 Å². The second-order valence-electron chi connectivity index (χ2n) is 6.00. The first-order chi connectivity index (χ1) is 11.3. The number of sulfone groups is 1. The standard InChI is InChI=1S/C17H17N3O3S/c1-10(2)11-4-5-14-13(8-11)17(21)20-16(19-14)12-6-7-18-15(9-12)24(3,22)23/h4-10H,1-3H3,(H,19,20,21). The lowest BCUT2D eigenvalue weighted by Crippen LogP contribution is -2.10. The summed E-state index contributed by atoms with van der Waals surface area (Å²) in [6.07, 6.45) is 2.47. The summed E-state index contributed by atoms with van der Waals surface area (Å²) >= 11 is 0. The Hall–Kier alpha value is -2.54. The van der Waals surface area contributed by atoms with E-state index in [1.54, 1.807) is 6.07 Å². The van der Waals surface area contributed by atoms with Gasteiger partial charge in [0.15, 0.2) is 14.9 Å². The van der Waals surface area contributed by atoms with E-state index in [0.717, 1.165) is 11.8 Å². The SMILES string of the molecule is CC(C)c1ccc2nc(-c3ccnc(S(C)(=O)=O)c3)[nH]c(=O)c2c1. The summed E-state index contributed by atoms with van der Waals surface area (Å²) in [5.41, 5.74) is 1.87. The molecule has 2 heterocycles. The van der Waals surface area contributed by atoms with E-state index in [1.807, 2.05) is 18.2 Å². The van der Waals surface area contributed by atoms with Gasteiger partial charge in [0, 0.05) is 18.0 Å².